The third kappa shape index (κ3) is 2.74. The standard InChI is InChI=1S/C22H23BN2O3/c1-14-18(23-27-21(2,3)22(4,5)28-23)7-6-8-19(14)25-13-16-10-9-15(12-24)11-17(16)20(25)26/h6-11H,13H2,1-5H3. The summed E-state index contributed by atoms with van der Waals surface area (Å²) in [6.07, 6.45) is 0. The number of nitriles is 1. The highest BCUT2D eigenvalue weighted by Gasteiger charge is 2.52. The monoisotopic (exact) mass is 374 g/mol. The van der Waals surface area contributed by atoms with Gasteiger partial charge in [0.25, 0.3) is 5.91 Å². The Bertz CT molecular complexity index is 1010. The lowest BCUT2D eigenvalue weighted by molar-refractivity contribution is 0.00578. The molecule has 0 spiro atoms. The largest absolute Gasteiger partial charge is 0.495 e. The molecule has 5 nitrogen and oxygen atoms in total. The van der Waals surface area contributed by atoms with Crippen LogP contribution >= 0.6 is 0 Å². The normalized spacial score (nSPS) is 19.6. The molecule has 6 heteroatoms. The van der Waals surface area contributed by atoms with Crippen LogP contribution in [0.25, 0.3) is 0 Å². The minimum Gasteiger partial charge on any atom is -0.399 e. The highest BCUT2D eigenvalue weighted by Crippen LogP contribution is 2.37. The van der Waals surface area contributed by atoms with Crippen molar-refractivity contribution in [3.8, 4) is 6.07 Å². The van der Waals surface area contributed by atoms with E-state index >= 15 is 0 Å². The first kappa shape index (κ1) is 18.7. The third-order valence-electron chi connectivity index (χ3n) is 6.19. The maximum absolute atomic E-state index is 13.0. The molecule has 0 aliphatic carbocycles. The van der Waals surface area contributed by atoms with Crippen LogP contribution < -0.4 is 10.4 Å². The zero-order chi connectivity index (χ0) is 20.3. The van der Waals surface area contributed by atoms with Crippen molar-refractivity contribution in [1.82, 2.24) is 0 Å². The van der Waals surface area contributed by atoms with E-state index in [-0.39, 0.29) is 5.91 Å². The van der Waals surface area contributed by atoms with Crippen LogP contribution in [0.4, 0.5) is 5.69 Å². The van der Waals surface area contributed by atoms with Crippen LogP contribution in [0.1, 0.15) is 54.7 Å². The predicted octanol–water partition coefficient (Wildman–Crippen LogP) is 3.33. The Morgan fingerprint density at radius 2 is 1.79 bits per heavy atom. The molecule has 0 unspecified atom stereocenters. The number of amides is 1. The summed E-state index contributed by atoms with van der Waals surface area (Å²) in [4.78, 5) is 14.8. The molecule has 2 heterocycles. The second-order valence-corrected chi connectivity index (χ2v) is 8.45. The summed E-state index contributed by atoms with van der Waals surface area (Å²) in [6.45, 7) is 10.6. The summed E-state index contributed by atoms with van der Waals surface area (Å²) >= 11 is 0. The van der Waals surface area contributed by atoms with Crippen molar-refractivity contribution in [3.05, 3.63) is 58.7 Å². The molecule has 0 saturated carbocycles. The zero-order valence-electron chi connectivity index (χ0n) is 16.9. The molecule has 28 heavy (non-hydrogen) atoms. The van der Waals surface area contributed by atoms with E-state index in [9.17, 15) is 4.79 Å². The number of fused-ring (bicyclic) bond motifs is 1. The summed E-state index contributed by atoms with van der Waals surface area (Å²) < 4.78 is 12.4. The first-order chi connectivity index (χ1) is 13.1. The minimum atomic E-state index is -0.477. The zero-order valence-corrected chi connectivity index (χ0v) is 16.9. The van der Waals surface area contributed by atoms with Crippen LogP contribution in [0.5, 0.6) is 0 Å². The molecule has 1 fully saturated rings. The molecule has 2 aromatic rings. The number of carbonyl (C=O) groups is 1. The van der Waals surface area contributed by atoms with E-state index in [4.69, 9.17) is 14.6 Å². The van der Waals surface area contributed by atoms with Crippen molar-refractivity contribution in [2.75, 3.05) is 4.90 Å². The van der Waals surface area contributed by atoms with Crippen LogP contribution in [0, 0.1) is 18.3 Å². The Balaban J connectivity index is 1.69. The van der Waals surface area contributed by atoms with E-state index in [1.54, 1.807) is 17.0 Å². The number of anilines is 1. The summed E-state index contributed by atoms with van der Waals surface area (Å²) in [5.41, 5.74) is 3.91. The number of rotatable bonds is 2. The van der Waals surface area contributed by atoms with Gasteiger partial charge in [0.2, 0.25) is 0 Å². The summed E-state index contributed by atoms with van der Waals surface area (Å²) in [6, 6.07) is 13.2. The molecular weight excluding hydrogens is 351 g/mol. The van der Waals surface area contributed by atoms with Crippen molar-refractivity contribution in [2.24, 2.45) is 0 Å². The minimum absolute atomic E-state index is 0.0822. The second kappa shape index (κ2) is 6.20. The highest BCUT2D eigenvalue weighted by atomic mass is 16.7. The van der Waals surface area contributed by atoms with Crippen LogP contribution in [0.2, 0.25) is 0 Å². The molecular formula is C22H23BN2O3. The van der Waals surface area contributed by atoms with Crippen LogP contribution in [-0.4, -0.2) is 24.2 Å². The van der Waals surface area contributed by atoms with Gasteiger partial charge in [0.05, 0.1) is 29.4 Å². The quantitative estimate of drug-likeness (QED) is 0.757. The molecule has 1 saturated heterocycles. The topological polar surface area (TPSA) is 62.6 Å². The van der Waals surface area contributed by atoms with Gasteiger partial charge in [-0.15, -0.1) is 0 Å². The lowest BCUT2D eigenvalue weighted by Crippen LogP contribution is -2.41. The molecule has 1 amide bonds. The van der Waals surface area contributed by atoms with Crippen LogP contribution in [0.3, 0.4) is 0 Å². The molecule has 0 bridgehead atoms. The maximum atomic E-state index is 13.0. The van der Waals surface area contributed by atoms with Gasteiger partial charge in [-0.2, -0.15) is 5.26 Å². The maximum Gasteiger partial charge on any atom is 0.495 e. The number of carbonyl (C=O) groups excluding carboxylic acids is 1. The number of nitrogens with zero attached hydrogens (tertiary/aromatic N) is 2. The van der Waals surface area contributed by atoms with E-state index in [0.29, 0.717) is 17.7 Å². The van der Waals surface area contributed by atoms with Gasteiger partial charge >= 0.3 is 7.12 Å². The van der Waals surface area contributed by atoms with Gasteiger partial charge in [-0.3, -0.25) is 4.79 Å². The molecule has 0 atom stereocenters. The van der Waals surface area contributed by atoms with Crippen molar-refractivity contribution >= 4 is 24.2 Å². The van der Waals surface area contributed by atoms with Crippen molar-refractivity contribution in [3.63, 3.8) is 0 Å². The molecule has 0 radical (unpaired) electrons. The second-order valence-electron chi connectivity index (χ2n) is 8.45. The first-order valence-electron chi connectivity index (χ1n) is 9.45. The molecule has 2 aliphatic rings. The van der Waals surface area contributed by atoms with Gasteiger partial charge in [0, 0.05) is 11.3 Å². The average molecular weight is 374 g/mol. The number of hydrogen-bond acceptors (Lipinski definition) is 4. The van der Waals surface area contributed by atoms with Gasteiger partial charge in [0.1, 0.15) is 0 Å². The molecule has 4 rings (SSSR count). The SMILES string of the molecule is Cc1c(B2OC(C)(C)C(C)(C)O2)cccc1N1Cc2ccc(C#N)cc2C1=O. The Hall–Kier alpha value is -2.62. The van der Waals surface area contributed by atoms with E-state index in [2.05, 4.69) is 6.07 Å². The Morgan fingerprint density at radius 1 is 1.11 bits per heavy atom. The van der Waals surface area contributed by atoms with Crippen LogP contribution in [0.15, 0.2) is 36.4 Å². The fraction of sp³-hybridized carbons (Fsp3) is 0.364. The fourth-order valence-electron chi connectivity index (χ4n) is 3.72. The Morgan fingerprint density at radius 3 is 2.43 bits per heavy atom. The summed E-state index contributed by atoms with van der Waals surface area (Å²) in [7, 11) is -0.477. The molecule has 0 aromatic heterocycles. The molecule has 2 aromatic carbocycles. The first-order valence-corrected chi connectivity index (χ1v) is 9.45. The fourth-order valence-corrected chi connectivity index (χ4v) is 3.72. The summed E-state index contributed by atoms with van der Waals surface area (Å²) in [5.74, 6) is -0.0822. The third-order valence-corrected chi connectivity index (χ3v) is 6.19. The van der Waals surface area contributed by atoms with Crippen LogP contribution in [-0.2, 0) is 15.9 Å². The predicted molar refractivity (Wildman–Crippen MR) is 109 cm³/mol. The van der Waals surface area contributed by atoms with Crippen molar-refractivity contribution < 1.29 is 14.1 Å². The number of benzene rings is 2. The lowest BCUT2D eigenvalue weighted by Gasteiger charge is -2.32. The highest BCUT2D eigenvalue weighted by molar-refractivity contribution is 6.62. The smallest absolute Gasteiger partial charge is 0.399 e. The molecule has 142 valence electrons. The van der Waals surface area contributed by atoms with Crippen molar-refractivity contribution in [2.45, 2.75) is 52.4 Å². The van der Waals surface area contributed by atoms with Gasteiger partial charge in [-0.05, 0) is 69.4 Å². The van der Waals surface area contributed by atoms with E-state index < -0.39 is 18.3 Å². The Labute approximate surface area is 166 Å². The lowest BCUT2D eigenvalue weighted by atomic mass is 9.75. The van der Waals surface area contributed by atoms with E-state index in [1.165, 1.54) is 0 Å². The molecule has 0 N–H and O–H groups in total. The average Bonchev–Trinajstić information content (AvgIpc) is 3.07. The van der Waals surface area contributed by atoms with E-state index in [0.717, 1.165) is 22.3 Å². The summed E-state index contributed by atoms with van der Waals surface area (Å²) in [5, 5.41) is 9.12. The molecule has 2 aliphatic heterocycles. The van der Waals surface area contributed by atoms with Crippen molar-refractivity contribution in [1.29, 1.82) is 5.26 Å². The number of hydrogen-bond donors (Lipinski definition) is 0. The van der Waals surface area contributed by atoms with Gasteiger partial charge in [-0.25, -0.2) is 0 Å². The van der Waals surface area contributed by atoms with Gasteiger partial charge in [-0.1, -0.05) is 18.2 Å². The Kier molecular flexibility index (Phi) is 4.15. The van der Waals surface area contributed by atoms with Gasteiger partial charge in [0.15, 0.2) is 0 Å². The van der Waals surface area contributed by atoms with E-state index in [1.807, 2.05) is 58.9 Å². The van der Waals surface area contributed by atoms with Gasteiger partial charge < -0.3 is 14.2 Å².